The Labute approximate surface area is 125 Å². The van der Waals surface area contributed by atoms with Crippen molar-refractivity contribution in [3.8, 4) is 0 Å². The van der Waals surface area contributed by atoms with Crippen LogP contribution in [0.15, 0.2) is 42.5 Å². The van der Waals surface area contributed by atoms with Crippen LogP contribution in [0.5, 0.6) is 0 Å². The SMILES string of the molecule is Cc1cccc(NC(=S)NNc2cc(C)ccc2C)c1. The van der Waals surface area contributed by atoms with Crippen LogP contribution in [0.2, 0.25) is 0 Å². The molecule has 0 aliphatic carbocycles. The van der Waals surface area contributed by atoms with E-state index in [1.165, 1.54) is 16.7 Å². The summed E-state index contributed by atoms with van der Waals surface area (Å²) in [6, 6.07) is 14.3. The molecule has 0 aliphatic heterocycles. The van der Waals surface area contributed by atoms with E-state index in [2.05, 4.69) is 61.2 Å². The lowest BCUT2D eigenvalue weighted by molar-refractivity contribution is 1.12. The van der Waals surface area contributed by atoms with E-state index in [4.69, 9.17) is 12.2 Å². The lowest BCUT2D eigenvalue weighted by Gasteiger charge is -2.14. The topological polar surface area (TPSA) is 36.1 Å². The molecule has 20 heavy (non-hydrogen) atoms. The molecule has 2 aromatic rings. The van der Waals surface area contributed by atoms with Crippen molar-refractivity contribution in [2.24, 2.45) is 0 Å². The predicted octanol–water partition coefficient (Wildman–Crippen LogP) is 3.93. The molecule has 0 heterocycles. The number of benzene rings is 2. The summed E-state index contributed by atoms with van der Waals surface area (Å²) >= 11 is 5.27. The van der Waals surface area contributed by atoms with Gasteiger partial charge in [0.2, 0.25) is 0 Å². The molecule has 3 N–H and O–H groups in total. The van der Waals surface area contributed by atoms with E-state index >= 15 is 0 Å². The van der Waals surface area contributed by atoms with E-state index in [1.54, 1.807) is 0 Å². The van der Waals surface area contributed by atoms with Crippen LogP contribution in [-0.4, -0.2) is 5.11 Å². The lowest BCUT2D eigenvalue weighted by atomic mass is 10.1. The standard InChI is InChI=1S/C16H19N3S/c1-11-5-4-6-14(9-11)17-16(20)19-18-15-10-12(2)7-8-13(15)3/h4-10,18H,1-3H3,(H2,17,19,20). The molecule has 0 aromatic heterocycles. The van der Waals surface area contributed by atoms with Gasteiger partial charge in [0.25, 0.3) is 0 Å². The van der Waals surface area contributed by atoms with E-state index < -0.39 is 0 Å². The molecular weight excluding hydrogens is 266 g/mol. The maximum Gasteiger partial charge on any atom is 0.189 e. The molecule has 2 aromatic carbocycles. The van der Waals surface area contributed by atoms with Crippen LogP contribution in [0, 0.1) is 20.8 Å². The number of thiocarbonyl (C=S) groups is 1. The van der Waals surface area contributed by atoms with Crippen LogP contribution in [-0.2, 0) is 0 Å². The Hall–Kier alpha value is -2.07. The van der Waals surface area contributed by atoms with Gasteiger partial charge < -0.3 is 5.32 Å². The zero-order valence-electron chi connectivity index (χ0n) is 11.9. The second kappa shape index (κ2) is 6.39. The molecule has 0 unspecified atom stereocenters. The maximum atomic E-state index is 5.27. The average Bonchev–Trinajstić information content (AvgIpc) is 2.40. The Balaban J connectivity index is 1.94. The van der Waals surface area contributed by atoms with Gasteiger partial charge in [-0.05, 0) is 67.9 Å². The number of hydrogen-bond acceptors (Lipinski definition) is 2. The summed E-state index contributed by atoms with van der Waals surface area (Å²) in [6.07, 6.45) is 0. The molecule has 0 atom stereocenters. The predicted molar refractivity (Wildman–Crippen MR) is 90.1 cm³/mol. The normalized spacial score (nSPS) is 9.95. The Bertz CT molecular complexity index is 623. The van der Waals surface area contributed by atoms with Crippen molar-refractivity contribution in [1.82, 2.24) is 5.43 Å². The second-order valence-corrected chi connectivity index (χ2v) is 5.30. The van der Waals surface area contributed by atoms with E-state index in [0.29, 0.717) is 5.11 Å². The van der Waals surface area contributed by atoms with Crippen LogP contribution >= 0.6 is 12.2 Å². The fraction of sp³-hybridized carbons (Fsp3) is 0.188. The first-order valence-electron chi connectivity index (χ1n) is 6.51. The molecule has 4 heteroatoms. The molecule has 0 bridgehead atoms. The summed E-state index contributed by atoms with van der Waals surface area (Å²) in [5, 5.41) is 3.68. The summed E-state index contributed by atoms with van der Waals surface area (Å²) in [6.45, 7) is 6.17. The van der Waals surface area contributed by atoms with Crippen LogP contribution in [0.25, 0.3) is 0 Å². The first-order valence-corrected chi connectivity index (χ1v) is 6.92. The number of nitrogens with one attached hydrogen (secondary N) is 3. The minimum atomic E-state index is 0.538. The molecule has 0 spiro atoms. The molecule has 0 amide bonds. The molecule has 0 aliphatic rings. The molecule has 104 valence electrons. The van der Waals surface area contributed by atoms with Crippen molar-refractivity contribution in [3.05, 3.63) is 59.2 Å². The highest BCUT2D eigenvalue weighted by molar-refractivity contribution is 7.80. The second-order valence-electron chi connectivity index (χ2n) is 4.89. The first kappa shape index (κ1) is 14.3. The summed E-state index contributed by atoms with van der Waals surface area (Å²) in [7, 11) is 0. The van der Waals surface area contributed by atoms with Crippen LogP contribution in [0.3, 0.4) is 0 Å². The number of aryl methyl sites for hydroxylation is 3. The highest BCUT2D eigenvalue weighted by Crippen LogP contribution is 2.15. The summed E-state index contributed by atoms with van der Waals surface area (Å²) in [5.41, 5.74) is 11.7. The Kier molecular flexibility index (Phi) is 4.58. The molecular formula is C16H19N3S. The minimum absolute atomic E-state index is 0.538. The fourth-order valence-electron chi connectivity index (χ4n) is 1.88. The number of rotatable bonds is 3. The van der Waals surface area contributed by atoms with Gasteiger partial charge in [0.05, 0.1) is 5.69 Å². The molecule has 0 saturated carbocycles. The quantitative estimate of drug-likeness (QED) is 0.590. The molecule has 3 nitrogen and oxygen atoms in total. The Morgan fingerprint density at radius 1 is 0.950 bits per heavy atom. The highest BCUT2D eigenvalue weighted by atomic mass is 32.1. The van der Waals surface area contributed by atoms with Crippen LogP contribution < -0.4 is 16.2 Å². The van der Waals surface area contributed by atoms with Gasteiger partial charge in [-0.1, -0.05) is 24.3 Å². The van der Waals surface area contributed by atoms with Crippen molar-refractivity contribution in [1.29, 1.82) is 0 Å². The molecule has 0 saturated heterocycles. The Morgan fingerprint density at radius 3 is 2.45 bits per heavy atom. The third-order valence-electron chi connectivity index (χ3n) is 2.98. The lowest BCUT2D eigenvalue weighted by Crippen LogP contribution is -2.33. The van der Waals surface area contributed by atoms with Gasteiger partial charge in [-0.3, -0.25) is 10.9 Å². The van der Waals surface area contributed by atoms with Crippen LogP contribution in [0.1, 0.15) is 16.7 Å². The summed E-state index contributed by atoms with van der Waals surface area (Å²) in [4.78, 5) is 0. The van der Waals surface area contributed by atoms with E-state index in [9.17, 15) is 0 Å². The van der Waals surface area contributed by atoms with E-state index in [0.717, 1.165) is 11.4 Å². The monoisotopic (exact) mass is 285 g/mol. The summed E-state index contributed by atoms with van der Waals surface area (Å²) < 4.78 is 0. The largest absolute Gasteiger partial charge is 0.331 e. The van der Waals surface area contributed by atoms with Gasteiger partial charge in [0.1, 0.15) is 0 Å². The van der Waals surface area contributed by atoms with Gasteiger partial charge in [-0.25, -0.2) is 0 Å². The molecule has 2 rings (SSSR count). The van der Waals surface area contributed by atoms with Crippen molar-refractivity contribution < 1.29 is 0 Å². The van der Waals surface area contributed by atoms with Gasteiger partial charge in [-0.2, -0.15) is 0 Å². The number of anilines is 2. The van der Waals surface area contributed by atoms with Crippen molar-refractivity contribution >= 4 is 28.7 Å². The van der Waals surface area contributed by atoms with E-state index in [-0.39, 0.29) is 0 Å². The molecule has 0 fully saturated rings. The molecule has 0 radical (unpaired) electrons. The smallest absolute Gasteiger partial charge is 0.189 e. The number of hydrogen-bond donors (Lipinski definition) is 3. The van der Waals surface area contributed by atoms with Crippen molar-refractivity contribution in [3.63, 3.8) is 0 Å². The van der Waals surface area contributed by atoms with Gasteiger partial charge >= 0.3 is 0 Å². The zero-order valence-corrected chi connectivity index (χ0v) is 12.8. The summed E-state index contributed by atoms with van der Waals surface area (Å²) in [5.74, 6) is 0. The third kappa shape index (κ3) is 3.96. The van der Waals surface area contributed by atoms with E-state index in [1.807, 2.05) is 18.2 Å². The van der Waals surface area contributed by atoms with Crippen molar-refractivity contribution in [2.45, 2.75) is 20.8 Å². The number of hydrazine groups is 1. The van der Waals surface area contributed by atoms with Gasteiger partial charge in [0, 0.05) is 5.69 Å². The van der Waals surface area contributed by atoms with Gasteiger partial charge in [-0.15, -0.1) is 0 Å². The zero-order chi connectivity index (χ0) is 14.5. The Morgan fingerprint density at radius 2 is 1.70 bits per heavy atom. The third-order valence-corrected chi connectivity index (χ3v) is 3.18. The minimum Gasteiger partial charge on any atom is -0.331 e. The maximum absolute atomic E-state index is 5.27. The van der Waals surface area contributed by atoms with Crippen LogP contribution in [0.4, 0.5) is 11.4 Å². The average molecular weight is 285 g/mol. The first-order chi connectivity index (χ1) is 9.54. The highest BCUT2D eigenvalue weighted by Gasteiger charge is 2.00. The fourth-order valence-corrected chi connectivity index (χ4v) is 2.05. The van der Waals surface area contributed by atoms with Gasteiger partial charge in [0.15, 0.2) is 5.11 Å². The van der Waals surface area contributed by atoms with Crippen molar-refractivity contribution in [2.75, 3.05) is 10.7 Å².